The molecule has 2 saturated heterocycles. The molecule has 28 nitrogen and oxygen atoms in total. The summed E-state index contributed by atoms with van der Waals surface area (Å²) in [4.78, 5) is 74.7. The Labute approximate surface area is 356 Å². The van der Waals surface area contributed by atoms with E-state index in [1.165, 1.54) is 16.2 Å². The van der Waals surface area contributed by atoms with Crippen LogP contribution in [0, 0.1) is 0 Å². The molecular formula is C33H37N10O18P3. The molecule has 6 aromatic rings. The Hall–Kier alpha value is -5.09. The smallest absolute Gasteiger partial charge is 0.487 e. The number of phosphoric ester groups is 2. The Bertz CT molecular complexity index is 3090. The zero-order valence-electron chi connectivity index (χ0n) is 32.6. The molecule has 2 aliphatic rings. The predicted octanol–water partition coefficient (Wildman–Crippen LogP) is -1.86. The zero-order valence-corrected chi connectivity index (χ0v) is 35.3. The van der Waals surface area contributed by atoms with Gasteiger partial charge >= 0.3 is 21.3 Å². The van der Waals surface area contributed by atoms with Gasteiger partial charge in [0, 0.05) is 6.08 Å². The third-order valence-electron chi connectivity index (χ3n) is 10.1. The van der Waals surface area contributed by atoms with Gasteiger partial charge in [0.05, 0.1) is 26.6 Å². The van der Waals surface area contributed by atoms with E-state index < -0.39 is 96.9 Å². The first-order valence-electron chi connectivity index (χ1n) is 18.5. The molecule has 0 aliphatic carbocycles. The molecule has 11 atom stereocenters. The summed E-state index contributed by atoms with van der Waals surface area (Å²) < 4.78 is 70.4. The van der Waals surface area contributed by atoms with Crippen molar-refractivity contribution in [3.8, 4) is 0 Å². The number of nitrogens with two attached hydrogens (primary N) is 2. The fourth-order valence-corrected chi connectivity index (χ4v) is 10.7. The van der Waals surface area contributed by atoms with Crippen molar-refractivity contribution in [1.29, 1.82) is 0 Å². The molecule has 342 valence electrons. The van der Waals surface area contributed by atoms with E-state index >= 15 is 0 Å². The van der Waals surface area contributed by atoms with E-state index in [0.717, 1.165) is 27.2 Å². The van der Waals surface area contributed by atoms with Crippen molar-refractivity contribution in [1.82, 2.24) is 34.1 Å². The number of aliphatic hydroxyl groups excluding tert-OH is 4. The van der Waals surface area contributed by atoms with Crippen LogP contribution in [0.2, 0.25) is 0 Å². The van der Waals surface area contributed by atoms with Crippen LogP contribution in [-0.4, -0.2) is 114 Å². The lowest BCUT2D eigenvalue weighted by Crippen LogP contribution is -2.48. The SMILES string of the molecule is Cn1c(/C=C\c2ccc3ccccc3c2)[n+]([C@@H]2O[C@H](COP(=O)(O)OP(=O)(O)OP(=O)([O-])OC[C@H]3O[C@@H](n4cnc5c(=O)[nH]c(N)nc54)[C@H](O)[C@@H]3O)[C@@H](O)[C@H]2O)c2nc(N)[nH]c(=O)c21. The minimum atomic E-state index is -6.13. The Morgan fingerprint density at radius 1 is 0.844 bits per heavy atom. The maximum atomic E-state index is 13.1. The standard InChI is InChI=1S/C33H37N10O18P3/c1-41-19(9-7-14-6-8-15-4-2-3-5-16(15)10-14)43(27-21(41)29(49)40-33(35)38-27)31-25(47)23(45)18(59-31)12-57-63(52,53)61-64(54,55)60-62(50,51)56-11-17-22(44)24(46)30(58-17)42-13-36-20-26(42)37-32(34)39-28(20)48/h2-10,13,17-18,22-25,30-31,44-47H,11-12H2,1H3,(H8-,34,35,37,38,39,40,48,49,50,51,52,53,54,55)/b9-7-/t17-,18-,22-,23-,24-,25-,30-,31-/m1/s1. The van der Waals surface area contributed by atoms with Gasteiger partial charge in [0.25, 0.3) is 24.9 Å². The molecule has 0 saturated carbocycles. The van der Waals surface area contributed by atoms with Crippen molar-refractivity contribution >= 4 is 80.6 Å². The number of nitrogens with one attached hydrogen (secondary N) is 2. The first-order valence-corrected chi connectivity index (χ1v) is 23.0. The van der Waals surface area contributed by atoms with Crippen LogP contribution in [0.1, 0.15) is 23.8 Å². The molecular weight excluding hydrogens is 917 g/mol. The molecule has 6 heterocycles. The van der Waals surface area contributed by atoms with Crippen LogP contribution in [0.25, 0.3) is 45.3 Å². The van der Waals surface area contributed by atoms with Crippen molar-refractivity contribution in [2.24, 2.45) is 7.05 Å². The van der Waals surface area contributed by atoms with Gasteiger partial charge in [-0.25, -0.2) is 18.4 Å². The number of aliphatic hydroxyl groups is 4. The van der Waals surface area contributed by atoms with E-state index in [-0.39, 0.29) is 40.0 Å². The fourth-order valence-electron chi connectivity index (χ4n) is 7.21. The van der Waals surface area contributed by atoms with Crippen LogP contribution in [-0.2, 0) is 47.9 Å². The summed E-state index contributed by atoms with van der Waals surface area (Å²) in [5.41, 5.74) is 10.2. The van der Waals surface area contributed by atoms with Gasteiger partial charge in [-0.2, -0.15) is 13.9 Å². The lowest BCUT2D eigenvalue weighted by Gasteiger charge is -2.26. The van der Waals surface area contributed by atoms with Crippen molar-refractivity contribution in [2.75, 3.05) is 24.7 Å². The van der Waals surface area contributed by atoms with Crippen LogP contribution in [0.5, 0.6) is 0 Å². The summed E-state index contributed by atoms with van der Waals surface area (Å²) in [5.74, 6) is -0.435. The number of nitrogen functional groups attached to an aromatic ring is 2. The highest BCUT2D eigenvalue weighted by Gasteiger charge is 2.50. The molecule has 31 heteroatoms. The van der Waals surface area contributed by atoms with E-state index in [4.69, 9.17) is 25.5 Å². The normalized spacial score (nSPS) is 26.8. The number of rotatable bonds is 14. The summed E-state index contributed by atoms with van der Waals surface area (Å²) in [7, 11) is -16.4. The quantitative estimate of drug-likeness (QED) is 0.0423. The topological polar surface area (TPSA) is 421 Å². The minimum Gasteiger partial charge on any atom is -0.756 e. The number of aromatic nitrogens is 8. The second-order valence-electron chi connectivity index (χ2n) is 14.4. The van der Waals surface area contributed by atoms with E-state index in [1.54, 1.807) is 12.2 Å². The number of aryl methyl sites for hydroxylation is 1. The van der Waals surface area contributed by atoms with E-state index in [2.05, 4.69) is 38.1 Å². The van der Waals surface area contributed by atoms with Gasteiger partial charge in [-0.3, -0.25) is 37.8 Å². The first kappa shape index (κ1) is 45.5. The number of fused-ring (bicyclic) bond motifs is 3. The summed E-state index contributed by atoms with van der Waals surface area (Å²) in [6.07, 6.45) is -9.58. The molecule has 64 heavy (non-hydrogen) atoms. The lowest BCUT2D eigenvalue weighted by molar-refractivity contribution is -0.747. The molecule has 2 aliphatic heterocycles. The van der Waals surface area contributed by atoms with Crippen molar-refractivity contribution in [3.63, 3.8) is 0 Å². The predicted molar refractivity (Wildman–Crippen MR) is 215 cm³/mol. The second kappa shape index (κ2) is 17.0. The number of anilines is 2. The van der Waals surface area contributed by atoms with Gasteiger partial charge in [-0.15, -0.1) is 0 Å². The number of phosphoric acid groups is 3. The molecule has 0 spiro atoms. The monoisotopic (exact) mass is 954 g/mol. The minimum absolute atomic E-state index is 0.0248. The van der Waals surface area contributed by atoms with E-state index in [1.807, 2.05) is 42.5 Å². The molecule has 4 aromatic heterocycles. The zero-order chi connectivity index (χ0) is 46.0. The Kier molecular flexibility index (Phi) is 12.1. The van der Waals surface area contributed by atoms with Crippen molar-refractivity contribution < 1.29 is 80.5 Å². The van der Waals surface area contributed by atoms with E-state index in [9.17, 15) is 58.4 Å². The number of hydrogen-bond acceptors (Lipinski definition) is 21. The number of H-pyrrole nitrogens is 2. The summed E-state index contributed by atoms with van der Waals surface area (Å²) in [5, 5.41) is 45.2. The van der Waals surface area contributed by atoms with Crippen LogP contribution < -0.4 is 32.0 Å². The lowest BCUT2D eigenvalue weighted by atomic mass is 10.1. The number of benzene rings is 2. The molecule has 8 rings (SSSR count). The van der Waals surface area contributed by atoms with Crippen LogP contribution >= 0.6 is 23.5 Å². The fraction of sp³-hybridized carbons (Fsp3) is 0.333. The number of aromatic amines is 2. The average molecular weight is 955 g/mol. The Morgan fingerprint density at radius 3 is 2.25 bits per heavy atom. The number of hydrogen-bond donors (Lipinski definition) is 10. The number of ether oxygens (including phenoxy) is 2. The first-order chi connectivity index (χ1) is 30.1. The van der Waals surface area contributed by atoms with Gasteiger partial charge in [0.1, 0.15) is 36.6 Å². The molecule has 12 N–H and O–H groups in total. The van der Waals surface area contributed by atoms with Gasteiger partial charge < -0.3 is 60.6 Å². The Morgan fingerprint density at radius 2 is 1.50 bits per heavy atom. The maximum Gasteiger partial charge on any atom is 0.487 e. The van der Waals surface area contributed by atoms with Crippen molar-refractivity contribution in [3.05, 3.63) is 80.9 Å². The summed E-state index contributed by atoms with van der Waals surface area (Å²) in [6, 6.07) is 13.3. The highest BCUT2D eigenvalue weighted by atomic mass is 31.3. The van der Waals surface area contributed by atoms with Crippen LogP contribution in [0.15, 0.2) is 58.4 Å². The van der Waals surface area contributed by atoms with Gasteiger partial charge in [-0.05, 0) is 28.5 Å². The number of nitrogens with zero attached hydrogens (tertiary/aromatic N) is 6. The number of imidazole rings is 2. The highest BCUT2D eigenvalue weighted by Crippen LogP contribution is 2.66. The highest BCUT2D eigenvalue weighted by molar-refractivity contribution is 7.66. The molecule has 0 bridgehead atoms. The molecule has 2 fully saturated rings. The summed E-state index contributed by atoms with van der Waals surface area (Å²) in [6.45, 7) is -2.31. The third kappa shape index (κ3) is 8.96. The Balaban J connectivity index is 0.923. The summed E-state index contributed by atoms with van der Waals surface area (Å²) >= 11 is 0. The largest absolute Gasteiger partial charge is 0.756 e. The molecule has 3 unspecified atom stereocenters. The molecule has 2 aromatic carbocycles. The third-order valence-corrected chi connectivity index (χ3v) is 14.3. The van der Waals surface area contributed by atoms with Gasteiger partial charge in [0.15, 0.2) is 17.4 Å². The molecule has 0 amide bonds. The van der Waals surface area contributed by atoms with Crippen LogP contribution in [0.3, 0.4) is 0 Å². The van der Waals surface area contributed by atoms with Crippen molar-refractivity contribution in [2.45, 2.75) is 49.1 Å². The van der Waals surface area contributed by atoms with Crippen LogP contribution in [0.4, 0.5) is 11.9 Å². The average Bonchev–Trinajstić information content (AvgIpc) is 3.92. The maximum absolute atomic E-state index is 13.1. The second-order valence-corrected chi connectivity index (χ2v) is 18.9. The van der Waals surface area contributed by atoms with Gasteiger partial charge in [-0.1, -0.05) is 41.4 Å². The van der Waals surface area contributed by atoms with Gasteiger partial charge in [0.2, 0.25) is 23.5 Å². The molecule has 0 radical (unpaired) electrons. The van der Waals surface area contributed by atoms with E-state index in [0.29, 0.717) is 0 Å².